The molecule has 0 radical (unpaired) electrons. The summed E-state index contributed by atoms with van der Waals surface area (Å²) in [6.07, 6.45) is 2.33. The largest absolute Gasteiger partial charge is 0.478 e. The van der Waals surface area contributed by atoms with Crippen molar-refractivity contribution in [1.29, 1.82) is 0 Å². The van der Waals surface area contributed by atoms with Gasteiger partial charge < -0.3 is 14.9 Å². The summed E-state index contributed by atoms with van der Waals surface area (Å²) in [7, 11) is 0. The third-order valence-electron chi connectivity index (χ3n) is 4.33. The zero-order valence-electron chi connectivity index (χ0n) is 15.8. The minimum absolute atomic E-state index is 0.0338. The Balaban J connectivity index is 2.51. The third-order valence-corrected chi connectivity index (χ3v) is 4.33. The van der Waals surface area contributed by atoms with Gasteiger partial charge in [-0.05, 0) is 48.6 Å². The summed E-state index contributed by atoms with van der Waals surface area (Å²) in [5.41, 5.74) is 4.39. The molecule has 2 N–H and O–H groups in total. The predicted molar refractivity (Wildman–Crippen MR) is 103 cm³/mol. The van der Waals surface area contributed by atoms with E-state index < -0.39 is 12.1 Å². The fourth-order valence-corrected chi connectivity index (χ4v) is 3.19. The quantitative estimate of drug-likeness (QED) is 0.689. The van der Waals surface area contributed by atoms with Gasteiger partial charge in [0.15, 0.2) is 0 Å². The van der Waals surface area contributed by atoms with Crippen LogP contribution in [0.4, 0.5) is 0 Å². The van der Waals surface area contributed by atoms with Crippen LogP contribution in [0.3, 0.4) is 0 Å². The van der Waals surface area contributed by atoms with Crippen LogP contribution >= 0.6 is 0 Å². The molecule has 0 amide bonds. The summed E-state index contributed by atoms with van der Waals surface area (Å²) in [6, 6.07) is 11.3. The van der Waals surface area contributed by atoms with Gasteiger partial charge in [-0.25, -0.2) is 4.79 Å². The number of aliphatic hydroxyl groups excluding tert-OH is 1. The average molecular weight is 356 g/mol. The number of carboxylic acids is 1. The van der Waals surface area contributed by atoms with Crippen LogP contribution in [0.2, 0.25) is 0 Å². The van der Waals surface area contributed by atoms with Gasteiger partial charge in [0.25, 0.3) is 0 Å². The van der Waals surface area contributed by atoms with Crippen LogP contribution in [0.5, 0.6) is 5.75 Å². The Morgan fingerprint density at radius 3 is 2.15 bits per heavy atom. The van der Waals surface area contributed by atoms with Gasteiger partial charge in [0.1, 0.15) is 5.75 Å². The molecule has 0 fully saturated rings. The molecule has 0 spiro atoms. The summed E-state index contributed by atoms with van der Waals surface area (Å²) in [4.78, 5) is 11.9. The number of carboxylic acid groups (broad SMARTS) is 1. The van der Waals surface area contributed by atoms with E-state index in [9.17, 15) is 15.0 Å². The van der Waals surface area contributed by atoms with Gasteiger partial charge in [-0.1, -0.05) is 56.5 Å². The van der Waals surface area contributed by atoms with E-state index in [-0.39, 0.29) is 6.61 Å². The highest BCUT2D eigenvalue weighted by Gasteiger charge is 2.25. The molecule has 2 aromatic rings. The average Bonchev–Trinajstić information content (AvgIpc) is 2.61. The number of aliphatic carboxylic acids is 1. The zero-order valence-corrected chi connectivity index (χ0v) is 15.8. The first kappa shape index (κ1) is 20.0. The van der Waals surface area contributed by atoms with Crippen LogP contribution in [-0.2, 0) is 24.2 Å². The van der Waals surface area contributed by atoms with Crippen LogP contribution in [0, 0.1) is 6.92 Å². The highest BCUT2D eigenvalue weighted by Crippen LogP contribution is 2.33. The second-order valence-corrected chi connectivity index (χ2v) is 6.65. The Hall–Kier alpha value is -2.33. The van der Waals surface area contributed by atoms with E-state index in [2.05, 4.69) is 13.8 Å². The van der Waals surface area contributed by atoms with Crippen molar-refractivity contribution in [1.82, 2.24) is 0 Å². The van der Waals surface area contributed by atoms with Gasteiger partial charge >= 0.3 is 5.97 Å². The van der Waals surface area contributed by atoms with Crippen molar-refractivity contribution in [2.45, 2.75) is 59.2 Å². The Kier molecular flexibility index (Phi) is 7.22. The number of ether oxygens (including phenoxy) is 1. The maximum absolute atomic E-state index is 11.9. The molecule has 1 atom stereocenters. The lowest BCUT2D eigenvalue weighted by molar-refractivity contribution is -0.145. The van der Waals surface area contributed by atoms with Gasteiger partial charge in [0.2, 0.25) is 6.10 Å². The number of aliphatic hydroxyl groups is 1. The van der Waals surface area contributed by atoms with E-state index in [1.165, 1.54) is 0 Å². The molecule has 0 aliphatic heterocycles. The number of benzene rings is 2. The topological polar surface area (TPSA) is 66.8 Å². The van der Waals surface area contributed by atoms with Crippen molar-refractivity contribution in [3.8, 4) is 5.75 Å². The minimum atomic E-state index is -1.05. The number of aryl methyl sites for hydroxylation is 3. The van der Waals surface area contributed by atoms with E-state index in [0.29, 0.717) is 11.3 Å². The van der Waals surface area contributed by atoms with Gasteiger partial charge in [-0.15, -0.1) is 0 Å². The molecule has 4 heteroatoms. The molecule has 0 aliphatic carbocycles. The molecule has 0 saturated heterocycles. The maximum atomic E-state index is 11.9. The molecule has 1 unspecified atom stereocenters. The lowest BCUT2D eigenvalue weighted by Gasteiger charge is -2.22. The van der Waals surface area contributed by atoms with Crippen LogP contribution in [0.1, 0.15) is 60.6 Å². The monoisotopic (exact) mass is 356 g/mol. The van der Waals surface area contributed by atoms with Crippen molar-refractivity contribution < 1.29 is 19.7 Å². The second-order valence-electron chi connectivity index (χ2n) is 6.65. The number of hydrogen-bond acceptors (Lipinski definition) is 3. The molecule has 0 heterocycles. The molecule has 0 bridgehead atoms. The van der Waals surface area contributed by atoms with E-state index in [1.807, 2.05) is 37.3 Å². The molecule has 0 saturated carbocycles. The molecule has 0 aromatic heterocycles. The molecule has 140 valence electrons. The van der Waals surface area contributed by atoms with E-state index in [0.717, 1.165) is 47.9 Å². The van der Waals surface area contributed by atoms with Crippen LogP contribution < -0.4 is 4.74 Å². The van der Waals surface area contributed by atoms with Gasteiger partial charge in [0, 0.05) is 5.56 Å². The SMILES string of the molecule is CCCc1cc(CO)cc(CCC)c1OC(C(=O)O)c1cccc(C)c1. The summed E-state index contributed by atoms with van der Waals surface area (Å²) >= 11 is 0. The standard InChI is InChI=1S/C22H28O4/c1-4-7-17-12-16(14-23)13-18(8-5-2)20(17)26-21(22(24)25)19-10-6-9-15(3)11-19/h6,9-13,21,23H,4-5,7-8,14H2,1-3H3,(H,24,25). The highest BCUT2D eigenvalue weighted by molar-refractivity contribution is 5.75. The smallest absolute Gasteiger partial charge is 0.349 e. The van der Waals surface area contributed by atoms with E-state index in [4.69, 9.17) is 4.74 Å². The van der Waals surface area contributed by atoms with Crippen LogP contribution in [-0.4, -0.2) is 16.2 Å². The lowest BCUT2D eigenvalue weighted by atomic mass is 9.97. The van der Waals surface area contributed by atoms with Crippen molar-refractivity contribution in [3.05, 3.63) is 64.2 Å². The second kappa shape index (κ2) is 9.39. The van der Waals surface area contributed by atoms with Crippen molar-refractivity contribution in [3.63, 3.8) is 0 Å². The number of rotatable bonds is 9. The zero-order chi connectivity index (χ0) is 19.1. The molecule has 26 heavy (non-hydrogen) atoms. The lowest BCUT2D eigenvalue weighted by Crippen LogP contribution is -2.20. The molecular formula is C22H28O4. The first-order chi connectivity index (χ1) is 12.5. The fourth-order valence-electron chi connectivity index (χ4n) is 3.19. The Morgan fingerprint density at radius 2 is 1.69 bits per heavy atom. The molecule has 2 rings (SSSR count). The molecule has 2 aromatic carbocycles. The van der Waals surface area contributed by atoms with Crippen LogP contribution in [0.25, 0.3) is 0 Å². The van der Waals surface area contributed by atoms with Crippen molar-refractivity contribution >= 4 is 5.97 Å². The predicted octanol–water partition coefficient (Wildman–Crippen LogP) is 4.60. The van der Waals surface area contributed by atoms with Crippen LogP contribution in [0.15, 0.2) is 36.4 Å². The molecular weight excluding hydrogens is 328 g/mol. The van der Waals surface area contributed by atoms with Crippen molar-refractivity contribution in [2.24, 2.45) is 0 Å². The number of carbonyl (C=O) groups is 1. The summed E-state index contributed by atoms with van der Waals surface area (Å²) in [6.45, 7) is 6.05. The Labute approximate surface area is 155 Å². The van der Waals surface area contributed by atoms with E-state index >= 15 is 0 Å². The van der Waals surface area contributed by atoms with Gasteiger partial charge in [-0.3, -0.25) is 0 Å². The first-order valence-corrected chi connectivity index (χ1v) is 9.21. The maximum Gasteiger partial charge on any atom is 0.349 e. The third kappa shape index (κ3) is 4.85. The first-order valence-electron chi connectivity index (χ1n) is 9.21. The summed E-state index contributed by atoms with van der Waals surface area (Å²) < 4.78 is 6.10. The van der Waals surface area contributed by atoms with Crippen molar-refractivity contribution in [2.75, 3.05) is 0 Å². The minimum Gasteiger partial charge on any atom is -0.478 e. The fraction of sp³-hybridized carbons (Fsp3) is 0.409. The van der Waals surface area contributed by atoms with E-state index in [1.54, 1.807) is 6.07 Å². The molecule has 0 aliphatic rings. The summed E-state index contributed by atoms with van der Waals surface area (Å²) in [5, 5.41) is 19.3. The Bertz CT molecular complexity index is 725. The number of hydrogen-bond donors (Lipinski definition) is 2. The Morgan fingerprint density at radius 1 is 1.08 bits per heavy atom. The van der Waals surface area contributed by atoms with Gasteiger partial charge in [-0.2, -0.15) is 0 Å². The highest BCUT2D eigenvalue weighted by atomic mass is 16.5. The molecule has 4 nitrogen and oxygen atoms in total. The van der Waals surface area contributed by atoms with Gasteiger partial charge in [0.05, 0.1) is 6.61 Å². The normalized spacial score (nSPS) is 12.0. The summed E-state index contributed by atoms with van der Waals surface area (Å²) in [5.74, 6) is -0.355.